The quantitative estimate of drug-likeness (QED) is 0.911. The summed E-state index contributed by atoms with van der Waals surface area (Å²) in [6.45, 7) is 3.13. The van der Waals surface area contributed by atoms with Crippen LogP contribution in [0.1, 0.15) is 29.3 Å². The van der Waals surface area contributed by atoms with Gasteiger partial charge in [-0.2, -0.15) is 13.2 Å². The molecule has 0 radical (unpaired) electrons. The van der Waals surface area contributed by atoms with E-state index >= 15 is 0 Å². The number of hydrogen-bond acceptors (Lipinski definition) is 3. The average molecular weight is 344 g/mol. The fraction of sp³-hybridized carbons (Fsp3) is 0.500. The van der Waals surface area contributed by atoms with Crippen molar-refractivity contribution >= 4 is 11.9 Å². The minimum atomic E-state index is -4.50. The summed E-state index contributed by atoms with van der Waals surface area (Å²) in [5, 5.41) is 9.16. The summed E-state index contributed by atoms with van der Waals surface area (Å²) in [6.07, 6.45) is -4.04. The number of amides is 1. The number of rotatable bonds is 4. The summed E-state index contributed by atoms with van der Waals surface area (Å²) in [4.78, 5) is 26.8. The van der Waals surface area contributed by atoms with Gasteiger partial charge in [-0.3, -0.25) is 14.5 Å². The first kappa shape index (κ1) is 18.3. The van der Waals surface area contributed by atoms with Crippen LogP contribution in [0.25, 0.3) is 0 Å². The molecule has 1 fully saturated rings. The lowest BCUT2D eigenvalue weighted by Gasteiger charge is -2.37. The Hall–Kier alpha value is -2.09. The molecule has 2 rings (SSSR count). The number of piperazine rings is 1. The van der Waals surface area contributed by atoms with E-state index in [0.29, 0.717) is 32.6 Å². The summed E-state index contributed by atoms with van der Waals surface area (Å²) in [5.41, 5.74) is -0.868. The van der Waals surface area contributed by atoms with Gasteiger partial charge in [-0.15, -0.1) is 0 Å². The van der Waals surface area contributed by atoms with Gasteiger partial charge in [0.05, 0.1) is 5.56 Å². The van der Waals surface area contributed by atoms with Crippen molar-refractivity contribution in [2.24, 2.45) is 0 Å². The van der Waals surface area contributed by atoms with Crippen molar-refractivity contribution in [1.82, 2.24) is 9.80 Å². The summed E-state index contributed by atoms with van der Waals surface area (Å²) >= 11 is 0. The minimum Gasteiger partial charge on any atom is -0.480 e. The molecule has 1 saturated heterocycles. The smallest absolute Gasteiger partial charge is 0.416 e. The fourth-order valence-corrected chi connectivity index (χ4v) is 2.84. The highest BCUT2D eigenvalue weighted by atomic mass is 19.4. The van der Waals surface area contributed by atoms with Crippen LogP contribution in [0, 0.1) is 0 Å². The second kappa shape index (κ2) is 7.21. The molecule has 0 saturated carbocycles. The Bertz CT molecular complexity index is 611. The highest BCUT2D eigenvalue weighted by Gasteiger charge is 2.32. The molecule has 1 aromatic carbocycles. The number of benzene rings is 1. The van der Waals surface area contributed by atoms with E-state index in [1.165, 1.54) is 17.0 Å². The molecular weight excluding hydrogens is 325 g/mol. The third-order valence-electron chi connectivity index (χ3n) is 4.15. The normalized spacial score (nSPS) is 17.6. The maximum Gasteiger partial charge on any atom is 0.416 e. The molecule has 8 heteroatoms. The van der Waals surface area contributed by atoms with Gasteiger partial charge in [-0.05, 0) is 24.6 Å². The standard InChI is InChI=1S/C16H19F3N2O3/c1-2-13(15(23)24)20-6-8-21(9-7-20)14(22)11-4-3-5-12(10-11)16(17,18)19/h3-5,10,13H,2,6-9H2,1H3,(H,23,24)/t13-/m1/s1. The monoisotopic (exact) mass is 344 g/mol. The number of halogens is 3. The first-order valence-electron chi connectivity index (χ1n) is 7.67. The first-order chi connectivity index (χ1) is 11.2. The number of carbonyl (C=O) groups is 2. The van der Waals surface area contributed by atoms with E-state index in [1.807, 2.05) is 0 Å². The number of carboxylic acids is 1. The van der Waals surface area contributed by atoms with Crippen LogP contribution in [0.5, 0.6) is 0 Å². The molecule has 1 aromatic rings. The van der Waals surface area contributed by atoms with Crippen LogP contribution in [0.3, 0.4) is 0 Å². The molecule has 1 heterocycles. The molecule has 0 spiro atoms. The third kappa shape index (κ3) is 4.05. The van der Waals surface area contributed by atoms with Gasteiger partial charge in [-0.1, -0.05) is 13.0 Å². The van der Waals surface area contributed by atoms with E-state index in [-0.39, 0.29) is 5.56 Å². The molecule has 0 aliphatic carbocycles. The van der Waals surface area contributed by atoms with Gasteiger partial charge in [0.1, 0.15) is 6.04 Å². The van der Waals surface area contributed by atoms with Gasteiger partial charge in [0.25, 0.3) is 5.91 Å². The number of alkyl halides is 3. The zero-order chi connectivity index (χ0) is 17.9. The molecule has 1 aliphatic heterocycles. The number of carbonyl (C=O) groups excluding carboxylic acids is 1. The number of hydrogen-bond donors (Lipinski definition) is 1. The Morgan fingerprint density at radius 3 is 2.33 bits per heavy atom. The van der Waals surface area contributed by atoms with E-state index in [9.17, 15) is 22.8 Å². The molecule has 0 aromatic heterocycles. The molecule has 1 aliphatic rings. The molecule has 5 nitrogen and oxygen atoms in total. The molecule has 0 unspecified atom stereocenters. The van der Waals surface area contributed by atoms with E-state index < -0.39 is 29.7 Å². The molecule has 0 bridgehead atoms. The van der Waals surface area contributed by atoms with Gasteiger partial charge < -0.3 is 10.0 Å². The maximum atomic E-state index is 12.7. The van der Waals surface area contributed by atoms with Crippen molar-refractivity contribution in [3.8, 4) is 0 Å². The van der Waals surface area contributed by atoms with Crippen LogP contribution in [-0.4, -0.2) is 59.0 Å². The first-order valence-corrected chi connectivity index (χ1v) is 7.67. The van der Waals surface area contributed by atoms with Crippen LogP contribution in [-0.2, 0) is 11.0 Å². The number of nitrogens with zero attached hydrogens (tertiary/aromatic N) is 2. The van der Waals surface area contributed by atoms with E-state index in [4.69, 9.17) is 5.11 Å². The van der Waals surface area contributed by atoms with Crippen LogP contribution in [0.4, 0.5) is 13.2 Å². The largest absolute Gasteiger partial charge is 0.480 e. The fourth-order valence-electron chi connectivity index (χ4n) is 2.84. The SMILES string of the molecule is CC[C@H](C(=O)O)N1CCN(C(=O)c2cccc(C(F)(F)F)c2)CC1. The predicted molar refractivity (Wildman–Crippen MR) is 80.6 cm³/mol. The molecule has 1 N–H and O–H groups in total. The van der Waals surface area contributed by atoms with E-state index in [2.05, 4.69) is 0 Å². The topological polar surface area (TPSA) is 60.9 Å². The Morgan fingerprint density at radius 1 is 1.21 bits per heavy atom. The minimum absolute atomic E-state index is 0.0106. The predicted octanol–water partition coefficient (Wildman–Crippen LogP) is 2.33. The van der Waals surface area contributed by atoms with Crippen LogP contribution >= 0.6 is 0 Å². The van der Waals surface area contributed by atoms with Crippen molar-refractivity contribution < 1.29 is 27.9 Å². The van der Waals surface area contributed by atoms with Gasteiger partial charge >= 0.3 is 12.1 Å². The Labute approximate surface area is 137 Å². The summed E-state index contributed by atoms with van der Waals surface area (Å²) in [6, 6.07) is 3.74. The lowest BCUT2D eigenvalue weighted by atomic mass is 10.1. The molecule has 24 heavy (non-hydrogen) atoms. The number of carboxylic acid groups (broad SMARTS) is 1. The van der Waals surface area contributed by atoms with Gasteiger partial charge in [0.2, 0.25) is 0 Å². The Morgan fingerprint density at radius 2 is 1.83 bits per heavy atom. The van der Waals surface area contributed by atoms with Crippen molar-refractivity contribution in [2.75, 3.05) is 26.2 Å². The van der Waals surface area contributed by atoms with E-state index in [1.54, 1.807) is 11.8 Å². The van der Waals surface area contributed by atoms with Crippen molar-refractivity contribution in [3.63, 3.8) is 0 Å². The Balaban J connectivity index is 2.04. The van der Waals surface area contributed by atoms with Gasteiger partial charge in [-0.25, -0.2) is 0 Å². The molecule has 1 amide bonds. The zero-order valence-electron chi connectivity index (χ0n) is 13.2. The summed E-state index contributed by atoms with van der Waals surface area (Å²) in [7, 11) is 0. The van der Waals surface area contributed by atoms with Crippen molar-refractivity contribution in [3.05, 3.63) is 35.4 Å². The highest BCUT2D eigenvalue weighted by molar-refractivity contribution is 5.94. The Kier molecular flexibility index (Phi) is 5.48. The molecule has 1 atom stereocenters. The zero-order valence-corrected chi connectivity index (χ0v) is 13.2. The lowest BCUT2D eigenvalue weighted by Crippen LogP contribution is -2.53. The maximum absolute atomic E-state index is 12.7. The van der Waals surface area contributed by atoms with Crippen molar-refractivity contribution in [1.29, 1.82) is 0 Å². The van der Waals surface area contributed by atoms with Crippen LogP contribution in [0.2, 0.25) is 0 Å². The summed E-state index contributed by atoms with van der Waals surface area (Å²) < 4.78 is 38.2. The lowest BCUT2D eigenvalue weighted by molar-refractivity contribution is -0.144. The van der Waals surface area contributed by atoms with Crippen LogP contribution < -0.4 is 0 Å². The van der Waals surface area contributed by atoms with E-state index in [0.717, 1.165) is 12.1 Å². The summed E-state index contributed by atoms with van der Waals surface area (Å²) in [5.74, 6) is -1.38. The third-order valence-corrected chi connectivity index (χ3v) is 4.15. The van der Waals surface area contributed by atoms with Crippen molar-refractivity contribution in [2.45, 2.75) is 25.6 Å². The highest BCUT2D eigenvalue weighted by Crippen LogP contribution is 2.29. The second-order valence-corrected chi connectivity index (χ2v) is 5.67. The second-order valence-electron chi connectivity index (χ2n) is 5.67. The van der Waals surface area contributed by atoms with Gasteiger partial charge in [0.15, 0.2) is 0 Å². The number of aliphatic carboxylic acids is 1. The average Bonchev–Trinajstić information content (AvgIpc) is 2.54. The van der Waals surface area contributed by atoms with Gasteiger partial charge in [0, 0.05) is 31.7 Å². The molecule has 132 valence electrons. The van der Waals surface area contributed by atoms with Crippen LogP contribution in [0.15, 0.2) is 24.3 Å². The molecular formula is C16H19F3N2O3.